The normalized spacial score (nSPS) is 10.3. The Labute approximate surface area is 128 Å². The molecule has 0 bridgehead atoms. The smallest absolute Gasteiger partial charge is 0.0992 e. The number of benzene rings is 2. The number of imidazole rings is 1. The number of hydrogen-bond donors (Lipinski definition) is 0. The summed E-state index contributed by atoms with van der Waals surface area (Å²) < 4.78 is 1.96. The monoisotopic (exact) mass is 293 g/mol. The molecule has 3 nitrogen and oxygen atoms in total. The zero-order valence-electron chi connectivity index (χ0n) is 11.4. The summed E-state index contributed by atoms with van der Waals surface area (Å²) in [4.78, 5) is 4.05. The largest absolute Gasteiger partial charge is 0.306 e. The lowest BCUT2D eigenvalue weighted by molar-refractivity contribution is 1.05. The van der Waals surface area contributed by atoms with Crippen molar-refractivity contribution < 1.29 is 0 Å². The van der Waals surface area contributed by atoms with Crippen LogP contribution in [0.3, 0.4) is 0 Å². The van der Waals surface area contributed by atoms with Crippen LogP contribution in [-0.2, 0) is 0 Å². The minimum Gasteiger partial charge on any atom is -0.306 e. The molecule has 21 heavy (non-hydrogen) atoms. The maximum Gasteiger partial charge on any atom is 0.0992 e. The first-order valence-corrected chi connectivity index (χ1v) is 6.86. The maximum atomic E-state index is 8.90. The molecule has 0 spiro atoms. The summed E-state index contributed by atoms with van der Waals surface area (Å²) in [5.74, 6) is 0. The summed E-state index contributed by atoms with van der Waals surface area (Å²) in [7, 11) is 0. The number of rotatable bonds is 2. The number of nitrogens with zero attached hydrogens (tertiary/aromatic N) is 3. The summed E-state index contributed by atoms with van der Waals surface area (Å²) in [6.07, 6.45) is 5.42. The first-order valence-electron chi connectivity index (χ1n) is 6.48. The maximum absolute atomic E-state index is 8.90. The van der Waals surface area contributed by atoms with Gasteiger partial charge in [0, 0.05) is 28.7 Å². The molecular formula is C17H12ClN3. The van der Waals surface area contributed by atoms with Crippen molar-refractivity contribution in [2.45, 2.75) is 6.92 Å². The van der Waals surface area contributed by atoms with Crippen LogP contribution in [-0.4, -0.2) is 9.55 Å². The summed E-state index contributed by atoms with van der Waals surface area (Å²) in [5, 5.41) is 9.49. The molecule has 0 fully saturated rings. The molecule has 0 aliphatic heterocycles. The summed E-state index contributed by atoms with van der Waals surface area (Å²) in [5.41, 5.74) is 4.74. The van der Waals surface area contributed by atoms with Crippen LogP contribution in [0.4, 0.5) is 0 Å². The van der Waals surface area contributed by atoms with Crippen molar-refractivity contribution in [1.29, 1.82) is 5.26 Å². The molecule has 0 unspecified atom stereocenters. The first kappa shape index (κ1) is 13.4. The van der Waals surface area contributed by atoms with Gasteiger partial charge in [-0.25, -0.2) is 4.98 Å². The third-order valence-corrected chi connectivity index (χ3v) is 3.71. The zero-order valence-corrected chi connectivity index (χ0v) is 12.2. The fourth-order valence-electron chi connectivity index (χ4n) is 2.33. The number of hydrogen-bond acceptors (Lipinski definition) is 2. The Morgan fingerprint density at radius 2 is 1.95 bits per heavy atom. The molecule has 3 aromatic rings. The van der Waals surface area contributed by atoms with E-state index in [4.69, 9.17) is 16.9 Å². The molecule has 102 valence electrons. The molecule has 1 aromatic heterocycles. The van der Waals surface area contributed by atoms with E-state index in [-0.39, 0.29) is 0 Å². The van der Waals surface area contributed by atoms with Crippen molar-refractivity contribution in [3.8, 4) is 22.9 Å². The van der Waals surface area contributed by atoms with Crippen LogP contribution in [0.25, 0.3) is 16.8 Å². The molecule has 3 rings (SSSR count). The van der Waals surface area contributed by atoms with E-state index in [0.717, 1.165) is 22.4 Å². The van der Waals surface area contributed by atoms with E-state index in [1.807, 2.05) is 35.9 Å². The summed E-state index contributed by atoms with van der Waals surface area (Å²) in [6.45, 7) is 2.05. The zero-order chi connectivity index (χ0) is 14.8. The fraction of sp³-hybridized carbons (Fsp3) is 0.0588. The SMILES string of the molecule is Cc1cc(-n2ccnc2)ccc1-c1ccc(C#N)cc1Cl. The molecule has 0 saturated heterocycles. The highest BCUT2D eigenvalue weighted by Crippen LogP contribution is 2.32. The highest BCUT2D eigenvalue weighted by Gasteiger charge is 2.08. The Balaban J connectivity index is 2.06. The first-order chi connectivity index (χ1) is 10.2. The van der Waals surface area contributed by atoms with E-state index < -0.39 is 0 Å². The van der Waals surface area contributed by atoms with Gasteiger partial charge in [0.1, 0.15) is 0 Å². The molecule has 0 amide bonds. The van der Waals surface area contributed by atoms with Crippen LogP contribution in [0.2, 0.25) is 5.02 Å². The van der Waals surface area contributed by atoms with Gasteiger partial charge in [-0.05, 0) is 42.3 Å². The number of halogens is 1. The number of aromatic nitrogens is 2. The van der Waals surface area contributed by atoms with Gasteiger partial charge >= 0.3 is 0 Å². The van der Waals surface area contributed by atoms with Crippen molar-refractivity contribution >= 4 is 11.6 Å². The van der Waals surface area contributed by atoms with Gasteiger partial charge in [0.15, 0.2) is 0 Å². The highest BCUT2D eigenvalue weighted by molar-refractivity contribution is 6.33. The Bertz CT molecular complexity index is 830. The second kappa shape index (κ2) is 5.43. The topological polar surface area (TPSA) is 41.6 Å². The van der Waals surface area contributed by atoms with E-state index >= 15 is 0 Å². The van der Waals surface area contributed by atoms with E-state index in [0.29, 0.717) is 10.6 Å². The van der Waals surface area contributed by atoms with E-state index in [9.17, 15) is 0 Å². The lowest BCUT2D eigenvalue weighted by Crippen LogP contribution is -1.93. The van der Waals surface area contributed by atoms with Gasteiger partial charge in [-0.1, -0.05) is 23.7 Å². The number of aryl methyl sites for hydroxylation is 1. The van der Waals surface area contributed by atoms with Crippen molar-refractivity contribution in [2.75, 3.05) is 0 Å². The minimum absolute atomic E-state index is 0.566. The molecule has 4 heteroatoms. The van der Waals surface area contributed by atoms with Crippen molar-refractivity contribution in [3.05, 3.63) is 71.3 Å². The van der Waals surface area contributed by atoms with Gasteiger partial charge in [-0.3, -0.25) is 0 Å². The molecule has 0 saturated carbocycles. The molecule has 1 heterocycles. The predicted octanol–water partition coefficient (Wildman–Crippen LogP) is 4.37. The Hall–Kier alpha value is -2.57. The van der Waals surface area contributed by atoms with Crippen molar-refractivity contribution in [1.82, 2.24) is 9.55 Å². The summed E-state index contributed by atoms with van der Waals surface area (Å²) in [6, 6.07) is 13.6. The molecule has 0 radical (unpaired) electrons. The van der Waals surface area contributed by atoms with Crippen molar-refractivity contribution in [3.63, 3.8) is 0 Å². The average Bonchev–Trinajstić information content (AvgIpc) is 3.02. The second-order valence-corrected chi connectivity index (χ2v) is 5.18. The molecule has 0 aliphatic carbocycles. The highest BCUT2D eigenvalue weighted by atomic mass is 35.5. The lowest BCUT2D eigenvalue weighted by Gasteiger charge is -2.11. The minimum atomic E-state index is 0.566. The van der Waals surface area contributed by atoms with Crippen LogP contribution in [0.5, 0.6) is 0 Å². The predicted molar refractivity (Wildman–Crippen MR) is 83.5 cm³/mol. The van der Waals surface area contributed by atoms with Crippen molar-refractivity contribution in [2.24, 2.45) is 0 Å². The second-order valence-electron chi connectivity index (χ2n) is 4.78. The van der Waals surface area contributed by atoms with Crippen LogP contribution in [0, 0.1) is 18.3 Å². The van der Waals surface area contributed by atoms with Crippen LogP contribution >= 0.6 is 11.6 Å². The van der Waals surface area contributed by atoms with Gasteiger partial charge in [-0.2, -0.15) is 5.26 Å². The number of nitriles is 1. The molecular weight excluding hydrogens is 282 g/mol. The molecule has 0 atom stereocenters. The van der Waals surface area contributed by atoms with E-state index in [2.05, 4.69) is 17.1 Å². The standard InChI is InChI=1S/C17H12ClN3/c1-12-8-14(21-7-6-20-11-21)3-5-15(12)16-4-2-13(10-19)9-17(16)18/h2-9,11H,1H3. The van der Waals surface area contributed by atoms with Crippen LogP contribution in [0.15, 0.2) is 55.1 Å². The third-order valence-electron chi connectivity index (χ3n) is 3.40. The quantitative estimate of drug-likeness (QED) is 0.704. The Morgan fingerprint density at radius 1 is 1.14 bits per heavy atom. The fourth-order valence-corrected chi connectivity index (χ4v) is 2.61. The van der Waals surface area contributed by atoms with Gasteiger partial charge < -0.3 is 4.57 Å². The van der Waals surface area contributed by atoms with Crippen LogP contribution in [0.1, 0.15) is 11.1 Å². The summed E-state index contributed by atoms with van der Waals surface area (Å²) >= 11 is 6.29. The average molecular weight is 294 g/mol. The lowest BCUT2D eigenvalue weighted by atomic mass is 9.99. The van der Waals surface area contributed by atoms with Gasteiger partial charge in [-0.15, -0.1) is 0 Å². The Kier molecular flexibility index (Phi) is 3.47. The Morgan fingerprint density at radius 3 is 2.57 bits per heavy atom. The molecule has 0 N–H and O–H groups in total. The third kappa shape index (κ3) is 2.54. The molecule has 0 aliphatic rings. The molecule has 2 aromatic carbocycles. The van der Waals surface area contributed by atoms with Gasteiger partial charge in [0.2, 0.25) is 0 Å². The van der Waals surface area contributed by atoms with E-state index in [1.165, 1.54) is 0 Å². The van der Waals surface area contributed by atoms with Gasteiger partial charge in [0.05, 0.1) is 18.0 Å². The van der Waals surface area contributed by atoms with E-state index in [1.54, 1.807) is 24.7 Å². The van der Waals surface area contributed by atoms with Gasteiger partial charge in [0.25, 0.3) is 0 Å². The van der Waals surface area contributed by atoms with Crippen LogP contribution < -0.4 is 0 Å².